The standard InChI is InChI=1S/C13H12N4O/c1-18-9-12-15-13-14-8-7-11(17(13)16-12)10-5-3-2-4-6-10/h2-8H,9H2,1H3. The Hall–Kier alpha value is -2.27. The smallest absolute Gasteiger partial charge is 0.253 e. The van der Waals surface area contributed by atoms with E-state index < -0.39 is 0 Å². The number of ether oxygens (including phenoxy) is 1. The van der Waals surface area contributed by atoms with Gasteiger partial charge in [-0.2, -0.15) is 9.50 Å². The summed E-state index contributed by atoms with van der Waals surface area (Å²) in [6, 6.07) is 12.0. The van der Waals surface area contributed by atoms with Crippen molar-refractivity contribution in [3.8, 4) is 11.3 Å². The van der Waals surface area contributed by atoms with E-state index in [0.717, 1.165) is 11.3 Å². The molecule has 0 spiro atoms. The van der Waals surface area contributed by atoms with Crippen molar-refractivity contribution in [3.05, 3.63) is 48.4 Å². The van der Waals surface area contributed by atoms with E-state index in [-0.39, 0.29) is 0 Å². The Kier molecular flexibility index (Phi) is 2.74. The minimum atomic E-state index is 0.386. The lowest BCUT2D eigenvalue weighted by atomic mass is 10.1. The highest BCUT2D eigenvalue weighted by atomic mass is 16.5. The van der Waals surface area contributed by atoms with Crippen molar-refractivity contribution in [1.82, 2.24) is 19.6 Å². The predicted octanol–water partition coefficient (Wildman–Crippen LogP) is 1.94. The maximum Gasteiger partial charge on any atom is 0.253 e. The van der Waals surface area contributed by atoms with E-state index in [2.05, 4.69) is 15.1 Å². The summed E-state index contributed by atoms with van der Waals surface area (Å²) in [4.78, 5) is 8.51. The molecule has 18 heavy (non-hydrogen) atoms. The van der Waals surface area contributed by atoms with Crippen LogP contribution in [0.5, 0.6) is 0 Å². The Morgan fingerprint density at radius 2 is 2.00 bits per heavy atom. The Balaban J connectivity index is 2.17. The second-order valence-electron chi connectivity index (χ2n) is 3.87. The van der Waals surface area contributed by atoms with Gasteiger partial charge >= 0.3 is 0 Å². The molecule has 0 aliphatic rings. The molecule has 3 aromatic rings. The molecule has 1 aromatic carbocycles. The van der Waals surface area contributed by atoms with Crippen LogP contribution >= 0.6 is 0 Å². The Bertz CT molecular complexity index is 663. The van der Waals surface area contributed by atoms with Gasteiger partial charge in [0.05, 0.1) is 5.69 Å². The van der Waals surface area contributed by atoms with E-state index in [4.69, 9.17) is 4.74 Å². The minimum absolute atomic E-state index is 0.386. The van der Waals surface area contributed by atoms with Gasteiger partial charge in [-0.05, 0) is 6.07 Å². The number of fused-ring (bicyclic) bond motifs is 1. The first kappa shape index (κ1) is 10.9. The molecule has 0 aliphatic heterocycles. The third-order valence-corrected chi connectivity index (χ3v) is 2.63. The van der Waals surface area contributed by atoms with Crippen LogP contribution in [0, 0.1) is 0 Å². The summed E-state index contributed by atoms with van der Waals surface area (Å²) >= 11 is 0. The predicted molar refractivity (Wildman–Crippen MR) is 66.9 cm³/mol. The monoisotopic (exact) mass is 240 g/mol. The summed E-state index contributed by atoms with van der Waals surface area (Å²) in [7, 11) is 1.62. The fraction of sp³-hybridized carbons (Fsp3) is 0.154. The highest BCUT2D eigenvalue weighted by Gasteiger charge is 2.08. The van der Waals surface area contributed by atoms with Gasteiger partial charge < -0.3 is 4.74 Å². The average Bonchev–Trinajstić information content (AvgIpc) is 2.82. The van der Waals surface area contributed by atoms with E-state index in [1.807, 2.05) is 36.4 Å². The van der Waals surface area contributed by atoms with Gasteiger partial charge in [0.15, 0.2) is 5.82 Å². The molecular weight excluding hydrogens is 228 g/mol. The molecule has 0 unspecified atom stereocenters. The molecule has 0 radical (unpaired) electrons. The molecule has 90 valence electrons. The van der Waals surface area contributed by atoms with Gasteiger partial charge in [-0.15, -0.1) is 5.10 Å². The van der Waals surface area contributed by atoms with Crippen LogP contribution in [0.25, 0.3) is 17.0 Å². The Morgan fingerprint density at radius 3 is 2.78 bits per heavy atom. The highest BCUT2D eigenvalue weighted by Crippen LogP contribution is 2.18. The first-order chi connectivity index (χ1) is 8.88. The maximum absolute atomic E-state index is 5.04. The van der Waals surface area contributed by atoms with Gasteiger partial charge in [-0.3, -0.25) is 0 Å². The average molecular weight is 240 g/mol. The van der Waals surface area contributed by atoms with Crippen LogP contribution in [0.3, 0.4) is 0 Å². The van der Waals surface area contributed by atoms with Crippen molar-refractivity contribution >= 4 is 5.78 Å². The molecule has 0 atom stereocenters. The molecule has 5 nitrogen and oxygen atoms in total. The van der Waals surface area contributed by atoms with Crippen LogP contribution in [-0.4, -0.2) is 26.7 Å². The van der Waals surface area contributed by atoms with Crippen LogP contribution in [0.15, 0.2) is 42.6 Å². The van der Waals surface area contributed by atoms with Gasteiger partial charge in [-0.1, -0.05) is 30.3 Å². The third kappa shape index (κ3) is 1.84. The van der Waals surface area contributed by atoms with Gasteiger partial charge in [0, 0.05) is 18.9 Å². The molecule has 0 fully saturated rings. The summed E-state index contributed by atoms with van der Waals surface area (Å²) in [6.45, 7) is 0.386. The normalized spacial score (nSPS) is 10.9. The van der Waals surface area contributed by atoms with Gasteiger partial charge in [-0.25, -0.2) is 4.98 Å². The zero-order valence-corrected chi connectivity index (χ0v) is 9.95. The van der Waals surface area contributed by atoms with Crippen LogP contribution in [-0.2, 0) is 11.3 Å². The Labute approximate surface area is 104 Å². The molecule has 0 bridgehead atoms. The number of nitrogens with zero attached hydrogens (tertiary/aromatic N) is 4. The van der Waals surface area contributed by atoms with Crippen LogP contribution < -0.4 is 0 Å². The SMILES string of the molecule is COCc1nc2nccc(-c3ccccc3)n2n1. The summed E-state index contributed by atoms with van der Waals surface area (Å²) < 4.78 is 6.78. The van der Waals surface area contributed by atoms with Crippen molar-refractivity contribution < 1.29 is 4.74 Å². The van der Waals surface area contributed by atoms with Gasteiger partial charge in [0.1, 0.15) is 6.61 Å². The maximum atomic E-state index is 5.04. The number of benzene rings is 1. The molecule has 2 heterocycles. The summed E-state index contributed by atoms with van der Waals surface area (Å²) in [5.41, 5.74) is 2.05. The van der Waals surface area contributed by atoms with E-state index in [0.29, 0.717) is 18.2 Å². The lowest BCUT2D eigenvalue weighted by Gasteiger charge is -2.02. The van der Waals surface area contributed by atoms with E-state index in [1.54, 1.807) is 17.8 Å². The number of aromatic nitrogens is 4. The van der Waals surface area contributed by atoms with Crippen LogP contribution in [0.4, 0.5) is 0 Å². The first-order valence-corrected chi connectivity index (χ1v) is 5.63. The molecule has 0 amide bonds. The van der Waals surface area contributed by atoms with E-state index in [1.165, 1.54) is 0 Å². The van der Waals surface area contributed by atoms with Crippen molar-refractivity contribution in [3.63, 3.8) is 0 Å². The molecule has 2 aromatic heterocycles. The van der Waals surface area contributed by atoms with Crippen molar-refractivity contribution in [2.24, 2.45) is 0 Å². The van der Waals surface area contributed by atoms with Crippen molar-refractivity contribution in [2.45, 2.75) is 6.61 Å². The fourth-order valence-electron chi connectivity index (χ4n) is 1.85. The zero-order chi connectivity index (χ0) is 12.4. The zero-order valence-electron chi connectivity index (χ0n) is 9.95. The number of hydrogen-bond donors (Lipinski definition) is 0. The van der Waals surface area contributed by atoms with E-state index in [9.17, 15) is 0 Å². The van der Waals surface area contributed by atoms with Crippen LogP contribution in [0.1, 0.15) is 5.82 Å². The quantitative estimate of drug-likeness (QED) is 0.702. The molecule has 5 heteroatoms. The summed E-state index contributed by atoms with van der Waals surface area (Å²) in [5.74, 6) is 1.22. The number of methoxy groups -OCH3 is 1. The largest absolute Gasteiger partial charge is 0.377 e. The lowest BCUT2D eigenvalue weighted by Crippen LogP contribution is -1.96. The molecule has 0 saturated heterocycles. The minimum Gasteiger partial charge on any atom is -0.377 e. The highest BCUT2D eigenvalue weighted by molar-refractivity contribution is 5.60. The lowest BCUT2D eigenvalue weighted by molar-refractivity contribution is 0.178. The Morgan fingerprint density at radius 1 is 1.17 bits per heavy atom. The molecule has 0 aliphatic carbocycles. The van der Waals surface area contributed by atoms with Gasteiger partial charge in [0.2, 0.25) is 0 Å². The summed E-state index contributed by atoms with van der Waals surface area (Å²) in [5, 5.41) is 4.40. The second kappa shape index (κ2) is 4.54. The third-order valence-electron chi connectivity index (χ3n) is 2.63. The second-order valence-corrected chi connectivity index (χ2v) is 3.87. The van der Waals surface area contributed by atoms with Crippen molar-refractivity contribution in [1.29, 1.82) is 0 Å². The fourth-order valence-corrected chi connectivity index (χ4v) is 1.85. The summed E-state index contributed by atoms with van der Waals surface area (Å²) in [6.07, 6.45) is 1.74. The molecule has 0 saturated carbocycles. The molecule has 0 N–H and O–H groups in total. The number of rotatable bonds is 3. The van der Waals surface area contributed by atoms with Crippen LogP contribution in [0.2, 0.25) is 0 Å². The van der Waals surface area contributed by atoms with Gasteiger partial charge in [0.25, 0.3) is 5.78 Å². The topological polar surface area (TPSA) is 52.3 Å². The van der Waals surface area contributed by atoms with Crippen molar-refractivity contribution in [2.75, 3.05) is 7.11 Å². The van der Waals surface area contributed by atoms with E-state index >= 15 is 0 Å². The first-order valence-electron chi connectivity index (χ1n) is 5.63. The number of hydrogen-bond acceptors (Lipinski definition) is 4. The molecule has 3 rings (SSSR count). The molecular formula is C13H12N4O.